The molecule has 1 aromatic carbocycles. The van der Waals surface area contributed by atoms with E-state index < -0.39 is 35.6 Å². The molecule has 23 heavy (non-hydrogen) atoms. The molecule has 0 heterocycles. The molecule has 0 spiro atoms. The molecule has 0 fully saturated rings. The van der Waals surface area contributed by atoms with Crippen LogP contribution in [-0.4, -0.2) is 38.1 Å². The van der Waals surface area contributed by atoms with Gasteiger partial charge in [0.25, 0.3) is 0 Å². The zero-order chi connectivity index (χ0) is 17.4. The summed E-state index contributed by atoms with van der Waals surface area (Å²) in [7, 11) is 2.45. The van der Waals surface area contributed by atoms with Gasteiger partial charge < -0.3 is 14.8 Å². The lowest BCUT2D eigenvalue weighted by Crippen LogP contribution is -2.44. The summed E-state index contributed by atoms with van der Waals surface area (Å²) in [5, 5.41) is 2.53. The average Bonchev–Trinajstić information content (AvgIpc) is 2.54. The summed E-state index contributed by atoms with van der Waals surface area (Å²) in [5.74, 6) is -2.52. The fourth-order valence-electron chi connectivity index (χ4n) is 2.04. The molecule has 126 valence electrons. The topological polar surface area (TPSA) is 81.7 Å². The van der Waals surface area contributed by atoms with Crippen molar-refractivity contribution in [1.82, 2.24) is 5.32 Å². The van der Waals surface area contributed by atoms with Crippen molar-refractivity contribution in [1.29, 1.82) is 0 Å². The van der Waals surface area contributed by atoms with Crippen molar-refractivity contribution in [3.05, 3.63) is 35.6 Å². The second-order valence-electron chi connectivity index (χ2n) is 5.11. The Bertz CT molecular complexity index is 558. The minimum atomic E-state index is -0.956. The highest BCUT2D eigenvalue weighted by molar-refractivity contribution is 5.86. The van der Waals surface area contributed by atoms with E-state index in [0.29, 0.717) is 5.56 Å². The molecule has 6 nitrogen and oxygen atoms in total. The molecule has 1 aromatic rings. The van der Waals surface area contributed by atoms with Gasteiger partial charge in [-0.15, -0.1) is 0 Å². The van der Waals surface area contributed by atoms with Crippen molar-refractivity contribution in [3.63, 3.8) is 0 Å². The zero-order valence-corrected chi connectivity index (χ0v) is 13.3. The molecule has 0 aliphatic carbocycles. The maximum atomic E-state index is 12.8. The molecule has 0 aromatic heterocycles. The van der Waals surface area contributed by atoms with Crippen molar-refractivity contribution < 1.29 is 28.2 Å². The number of halogens is 1. The van der Waals surface area contributed by atoms with Crippen LogP contribution in [0.15, 0.2) is 24.3 Å². The summed E-state index contributed by atoms with van der Waals surface area (Å²) in [6.45, 7) is 1.59. The number of rotatable bonds is 7. The molecule has 0 saturated carbocycles. The van der Waals surface area contributed by atoms with Crippen molar-refractivity contribution in [2.24, 2.45) is 5.92 Å². The fraction of sp³-hybridized carbons (Fsp3) is 0.438. The van der Waals surface area contributed by atoms with Crippen LogP contribution in [0.3, 0.4) is 0 Å². The molecule has 0 radical (unpaired) electrons. The molecular weight excluding hydrogens is 305 g/mol. The van der Waals surface area contributed by atoms with Crippen LogP contribution in [0.4, 0.5) is 4.39 Å². The molecule has 1 amide bonds. The number of esters is 2. The van der Waals surface area contributed by atoms with Gasteiger partial charge in [0.2, 0.25) is 5.91 Å². The minimum Gasteiger partial charge on any atom is -0.469 e. The standard InChI is InChI=1S/C16H20FNO5/c1-10(15(20)22-2)8-13(16(21)23-3)18-14(19)9-11-4-6-12(17)7-5-11/h4-7,10,13H,8-9H2,1-3H3,(H,18,19)/t10-,13+/m1/s1. The number of hydrogen-bond donors (Lipinski definition) is 1. The fourth-order valence-corrected chi connectivity index (χ4v) is 2.04. The van der Waals surface area contributed by atoms with Gasteiger partial charge in [-0.1, -0.05) is 19.1 Å². The molecule has 0 saturated heterocycles. The summed E-state index contributed by atoms with van der Waals surface area (Å²) in [5.41, 5.74) is 0.605. The first kappa shape index (κ1) is 18.6. The molecule has 1 N–H and O–H groups in total. The Kier molecular flexibility index (Phi) is 7.18. The SMILES string of the molecule is COC(=O)[C@H](C)C[C@H](NC(=O)Cc1ccc(F)cc1)C(=O)OC. The summed E-state index contributed by atoms with van der Waals surface area (Å²) >= 11 is 0. The van der Waals surface area contributed by atoms with Gasteiger partial charge in [0.15, 0.2) is 0 Å². The van der Waals surface area contributed by atoms with Gasteiger partial charge in [0.05, 0.1) is 26.6 Å². The average molecular weight is 325 g/mol. The molecule has 2 atom stereocenters. The van der Waals surface area contributed by atoms with Crippen molar-refractivity contribution in [3.8, 4) is 0 Å². The van der Waals surface area contributed by atoms with Gasteiger partial charge in [-0.25, -0.2) is 9.18 Å². The Labute approximate surface area is 134 Å². The molecule has 0 unspecified atom stereocenters. The maximum Gasteiger partial charge on any atom is 0.328 e. The first-order valence-electron chi connectivity index (χ1n) is 7.06. The Balaban J connectivity index is 2.68. The third-order valence-corrected chi connectivity index (χ3v) is 3.29. The highest BCUT2D eigenvalue weighted by Gasteiger charge is 2.27. The van der Waals surface area contributed by atoms with Crippen LogP contribution in [0, 0.1) is 11.7 Å². The molecule has 1 rings (SSSR count). The molecule has 0 bridgehead atoms. The lowest BCUT2D eigenvalue weighted by Gasteiger charge is -2.19. The number of ether oxygens (including phenoxy) is 2. The first-order chi connectivity index (χ1) is 10.9. The van der Waals surface area contributed by atoms with Crippen molar-refractivity contribution in [2.75, 3.05) is 14.2 Å². The molecule has 0 aliphatic rings. The van der Waals surface area contributed by atoms with E-state index in [1.54, 1.807) is 6.92 Å². The van der Waals surface area contributed by atoms with Gasteiger partial charge in [-0.05, 0) is 24.1 Å². The van der Waals surface area contributed by atoms with E-state index in [4.69, 9.17) is 0 Å². The van der Waals surface area contributed by atoms with Crippen LogP contribution in [0.5, 0.6) is 0 Å². The smallest absolute Gasteiger partial charge is 0.328 e. The number of nitrogens with one attached hydrogen (secondary N) is 1. The molecule has 7 heteroatoms. The lowest BCUT2D eigenvalue weighted by atomic mass is 10.0. The number of carbonyl (C=O) groups excluding carboxylic acids is 3. The van der Waals surface area contributed by atoms with Crippen LogP contribution in [0.25, 0.3) is 0 Å². The largest absolute Gasteiger partial charge is 0.469 e. The monoisotopic (exact) mass is 325 g/mol. The van der Waals surface area contributed by atoms with Gasteiger partial charge in [-0.3, -0.25) is 9.59 Å². The number of amides is 1. The third-order valence-electron chi connectivity index (χ3n) is 3.29. The maximum absolute atomic E-state index is 12.8. The summed E-state index contributed by atoms with van der Waals surface area (Å²) in [6, 6.07) is 4.51. The van der Waals surface area contributed by atoms with E-state index in [1.165, 1.54) is 38.5 Å². The lowest BCUT2D eigenvalue weighted by molar-refractivity contribution is -0.148. The van der Waals surface area contributed by atoms with Crippen LogP contribution < -0.4 is 5.32 Å². The van der Waals surface area contributed by atoms with E-state index in [0.717, 1.165) is 0 Å². The van der Waals surface area contributed by atoms with Crippen LogP contribution in [-0.2, 0) is 30.3 Å². The van der Waals surface area contributed by atoms with E-state index in [-0.39, 0.29) is 12.8 Å². The highest BCUT2D eigenvalue weighted by atomic mass is 19.1. The summed E-state index contributed by atoms with van der Waals surface area (Å²) < 4.78 is 22.1. The van der Waals surface area contributed by atoms with E-state index >= 15 is 0 Å². The predicted octanol–water partition coefficient (Wildman–Crippen LogP) is 1.23. The quantitative estimate of drug-likeness (QED) is 0.763. The highest BCUT2D eigenvalue weighted by Crippen LogP contribution is 2.10. The van der Waals surface area contributed by atoms with Gasteiger partial charge in [0.1, 0.15) is 11.9 Å². The predicted molar refractivity (Wildman–Crippen MR) is 79.8 cm³/mol. The Hall–Kier alpha value is -2.44. The first-order valence-corrected chi connectivity index (χ1v) is 7.06. The Morgan fingerprint density at radius 3 is 2.17 bits per heavy atom. The molecular formula is C16H20FNO5. The van der Waals surface area contributed by atoms with Crippen molar-refractivity contribution in [2.45, 2.75) is 25.8 Å². The number of hydrogen-bond acceptors (Lipinski definition) is 5. The normalized spacial score (nSPS) is 12.9. The second kappa shape index (κ2) is 8.87. The summed E-state index contributed by atoms with van der Waals surface area (Å²) in [4.78, 5) is 35.2. The van der Waals surface area contributed by atoms with Gasteiger partial charge >= 0.3 is 11.9 Å². The van der Waals surface area contributed by atoms with Crippen molar-refractivity contribution >= 4 is 17.8 Å². The van der Waals surface area contributed by atoms with Gasteiger partial charge in [0, 0.05) is 0 Å². The minimum absolute atomic E-state index is 0.0135. The van der Waals surface area contributed by atoms with Crippen LogP contribution >= 0.6 is 0 Å². The van der Waals surface area contributed by atoms with E-state index in [1.807, 2.05) is 0 Å². The Morgan fingerprint density at radius 1 is 1.09 bits per heavy atom. The Morgan fingerprint density at radius 2 is 1.65 bits per heavy atom. The second-order valence-corrected chi connectivity index (χ2v) is 5.11. The summed E-state index contributed by atoms with van der Waals surface area (Å²) in [6.07, 6.45) is 0.0505. The number of methoxy groups -OCH3 is 2. The van der Waals surface area contributed by atoms with E-state index in [2.05, 4.69) is 14.8 Å². The van der Waals surface area contributed by atoms with Crippen LogP contribution in [0.1, 0.15) is 18.9 Å². The number of benzene rings is 1. The van der Waals surface area contributed by atoms with Gasteiger partial charge in [-0.2, -0.15) is 0 Å². The molecule has 0 aliphatic heterocycles. The zero-order valence-electron chi connectivity index (χ0n) is 13.3. The van der Waals surface area contributed by atoms with E-state index in [9.17, 15) is 18.8 Å². The number of carbonyl (C=O) groups is 3. The van der Waals surface area contributed by atoms with Crippen LogP contribution in [0.2, 0.25) is 0 Å². The third kappa shape index (κ3) is 6.06.